The fraction of sp³-hybridized carbons (Fsp3) is 0.571. The van der Waals surface area contributed by atoms with E-state index in [4.69, 9.17) is 4.74 Å². The summed E-state index contributed by atoms with van der Waals surface area (Å²) in [5, 5.41) is 3.05. The van der Waals surface area contributed by atoms with Gasteiger partial charge in [-0.2, -0.15) is 0 Å². The molecule has 2 aromatic heterocycles. The number of benzene rings is 1. The SMILES string of the molecule is CCN(C(=O)c1cc(F)ccc1-c1cc([C@@H]2CCN(CC3CCC(NC(=O)OC(C)(C)C)CC3)C2)cc2cncn12)C(C)C. The molecule has 1 atom stereocenters. The predicted octanol–water partition coefficient (Wildman–Crippen LogP) is 6.88. The van der Waals surface area contributed by atoms with Crippen LogP contribution in [0.3, 0.4) is 0 Å². The van der Waals surface area contributed by atoms with Crippen LogP contribution in [0.25, 0.3) is 16.8 Å². The Morgan fingerprint density at radius 1 is 1.11 bits per heavy atom. The molecule has 0 unspecified atom stereocenters. The van der Waals surface area contributed by atoms with E-state index in [0.717, 1.165) is 62.9 Å². The number of carbonyl (C=O) groups excluding carboxylic acids is 2. The Balaban J connectivity index is 1.29. The first kappa shape index (κ1) is 31.9. The van der Waals surface area contributed by atoms with Gasteiger partial charge in [0.25, 0.3) is 5.91 Å². The molecule has 2 aliphatic rings. The van der Waals surface area contributed by atoms with Gasteiger partial charge in [0, 0.05) is 37.3 Å². The largest absolute Gasteiger partial charge is 0.444 e. The van der Waals surface area contributed by atoms with Crippen molar-refractivity contribution in [2.24, 2.45) is 5.92 Å². The molecule has 1 aliphatic heterocycles. The molecular formula is C35H48FN5O3. The molecule has 9 heteroatoms. The van der Waals surface area contributed by atoms with Crippen LogP contribution < -0.4 is 5.32 Å². The molecule has 1 N–H and O–H groups in total. The van der Waals surface area contributed by atoms with Gasteiger partial charge in [0.2, 0.25) is 0 Å². The second-order valence-corrected chi connectivity index (χ2v) is 13.8. The lowest BCUT2D eigenvalue weighted by atomic mass is 9.85. The van der Waals surface area contributed by atoms with Crippen LogP contribution in [0.2, 0.25) is 0 Å². The average Bonchev–Trinajstić information content (AvgIpc) is 3.62. The summed E-state index contributed by atoms with van der Waals surface area (Å²) >= 11 is 0. The van der Waals surface area contributed by atoms with E-state index >= 15 is 0 Å². The second-order valence-electron chi connectivity index (χ2n) is 13.8. The molecule has 44 heavy (non-hydrogen) atoms. The number of imidazole rings is 1. The maximum atomic E-state index is 14.5. The van der Waals surface area contributed by atoms with Crippen molar-refractivity contribution in [1.29, 1.82) is 0 Å². The molecule has 1 aliphatic carbocycles. The average molecular weight is 606 g/mol. The maximum absolute atomic E-state index is 14.5. The number of amides is 2. The number of hydrogen-bond donors (Lipinski definition) is 1. The standard InChI is InChI=1S/C35H48FN5O3/c1-7-40(23(2)3)33(42)31-18-27(36)10-13-30(31)32-17-26(16-29-19-37-22-41(29)32)25-14-15-39(21-25)20-24-8-11-28(12-9-24)38-34(43)44-35(4,5)6/h10,13,16-19,22-25,28H,7-9,11-12,14-15,20-21H2,1-6H3,(H,38,43)/t24?,25-,28?/m1/s1. The van der Waals surface area contributed by atoms with Gasteiger partial charge in [0.1, 0.15) is 11.4 Å². The molecular weight excluding hydrogens is 557 g/mol. The molecule has 0 bridgehead atoms. The molecule has 238 valence electrons. The Hall–Kier alpha value is -3.46. The van der Waals surface area contributed by atoms with E-state index < -0.39 is 11.4 Å². The van der Waals surface area contributed by atoms with Gasteiger partial charge in [0.15, 0.2) is 0 Å². The zero-order valence-electron chi connectivity index (χ0n) is 27.1. The van der Waals surface area contributed by atoms with Crippen molar-refractivity contribution in [2.75, 3.05) is 26.2 Å². The molecule has 3 aromatic rings. The molecule has 1 aromatic carbocycles. The lowest BCUT2D eigenvalue weighted by molar-refractivity contribution is 0.0484. The van der Waals surface area contributed by atoms with Crippen molar-refractivity contribution < 1.29 is 18.7 Å². The van der Waals surface area contributed by atoms with E-state index in [-0.39, 0.29) is 24.1 Å². The van der Waals surface area contributed by atoms with E-state index in [9.17, 15) is 14.0 Å². The van der Waals surface area contributed by atoms with Crippen molar-refractivity contribution in [3.63, 3.8) is 0 Å². The van der Waals surface area contributed by atoms with Gasteiger partial charge in [-0.25, -0.2) is 14.2 Å². The first-order chi connectivity index (χ1) is 20.9. The fourth-order valence-corrected chi connectivity index (χ4v) is 6.91. The number of pyridine rings is 1. The van der Waals surface area contributed by atoms with Crippen molar-refractivity contribution in [1.82, 2.24) is 24.5 Å². The Morgan fingerprint density at radius 2 is 1.86 bits per heavy atom. The van der Waals surface area contributed by atoms with E-state index in [0.29, 0.717) is 29.5 Å². The van der Waals surface area contributed by atoms with Gasteiger partial charge < -0.3 is 19.9 Å². The zero-order chi connectivity index (χ0) is 31.6. The number of carbonyl (C=O) groups is 2. The quantitative estimate of drug-likeness (QED) is 0.303. The summed E-state index contributed by atoms with van der Waals surface area (Å²) in [5.74, 6) is 0.393. The number of ether oxygens (including phenoxy) is 1. The highest BCUT2D eigenvalue weighted by Crippen LogP contribution is 2.35. The van der Waals surface area contributed by atoms with E-state index in [1.807, 2.05) is 52.1 Å². The van der Waals surface area contributed by atoms with Gasteiger partial charge >= 0.3 is 6.09 Å². The molecule has 3 heterocycles. The molecule has 0 radical (unpaired) electrons. The van der Waals surface area contributed by atoms with Crippen LogP contribution >= 0.6 is 0 Å². The Morgan fingerprint density at radius 3 is 2.55 bits per heavy atom. The molecule has 2 fully saturated rings. The topological polar surface area (TPSA) is 79.2 Å². The van der Waals surface area contributed by atoms with E-state index in [1.165, 1.54) is 17.7 Å². The van der Waals surface area contributed by atoms with Crippen LogP contribution in [0.5, 0.6) is 0 Å². The summed E-state index contributed by atoms with van der Waals surface area (Å²) in [5.41, 5.74) is 3.64. The van der Waals surface area contributed by atoms with Crippen LogP contribution in [0.1, 0.15) is 95.5 Å². The lowest BCUT2D eigenvalue weighted by Crippen LogP contribution is -2.42. The zero-order valence-corrected chi connectivity index (χ0v) is 27.1. The minimum absolute atomic E-state index is 0.00368. The van der Waals surface area contributed by atoms with Gasteiger partial charge in [-0.05, 0) is 128 Å². The third-order valence-electron chi connectivity index (χ3n) is 9.09. The number of fused-ring (bicyclic) bond motifs is 1. The summed E-state index contributed by atoms with van der Waals surface area (Å²) in [6.45, 7) is 15.2. The van der Waals surface area contributed by atoms with Gasteiger partial charge in [-0.1, -0.05) is 0 Å². The monoisotopic (exact) mass is 605 g/mol. The van der Waals surface area contributed by atoms with E-state index in [2.05, 4.69) is 27.3 Å². The number of nitrogens with one attached hydrogen (secondary N) is 1. The summed E-state index contributed by atoms with van der Waals surface area (Å²) in [4.78, 5) is 34.6. The smallest absolute Gasteiger partial charge is 0.407 e. The Labute approximate surface area is 261 Å². The molecule has 8 nitrogen and oxygen atoms in total. The van der Waals surface area contributed by atoms with E-state index in [1.54, 1.807) is 17.3 Å². The second kappa shape index (κ2) is 13.3. The third-order valence-corrected chi connectivity index (χ3v) is 9.09. The van der Waals surface area contributed by atoms with Crippen molar-refractivity contribution in [2.45, 2.75) is 97.2 Å². The number of nitrogens with zero attached hydrogens (tertiary/aromatic N) is 4. The summed E-state index contributed by atoms with van der Waals surface area (Å²) in [7, 11) is 0. The highest BCUT2D eigenvalue weighted by molar-refractivity contribution is 6.01. The summed E-state index contributed by atoms with van der Waals surface area (Å²) in [6, 6.07) is 9.09. The normalized spacial score (nSPS) is 21.1. The van der Waals surface area contributed by atoms with Crippen LogP contribution in [0.15, 0.2) is 42.9 Å². The van der Waals surface area contributed by atoms with Crippen molar-refractivity contribution >= 4 is 17.5 Å². The molecule has 1 saturated carbocycles. The number of rotatable bonds is 8. The molecule has 2 amide bonds. The fourth-order valence-electron chi connectivity index (χ4n) is 6.91. The number of hydrogen-bond acceptors (Lipinski definition) is 5. The van der Waals surface area contributed by atoms with Crippen molar-refractivity contribution in [3.05, 3.63) is 59.8 Å². The molecule has 5 rings (SSSR count). The number of alkyl carbamates (subject to hydrolysis) is 1. The Bertz CT molecular complexity index is 1470. The lowest BCUT2D eigenvalue weighted by Gasteiger charge is -2.32. The third kappa shape index (κ3) is 7.42. The Kier molecular flexibility index (Phi) is 9.63. The molecule has 0 spiro atoms. The first-order valence-corrected chi connectivity index (χ1v) is 16.2. The summed E-state index contributed by atoms with van der Waals surface area (Å²) in [6.07, 6.45) is 8.51. The first-order valence-electron chi connectivity index (χ1n) is 16.2. The minimum atomic E-state index is -0.486. The van der Waals surface area contributed by atoms with Gasteiger partial charge in [0.05, 0.1) is 29.3 Å². The maximum Gasteiger partial charge on any atom is 0.407 e. The summed E-state index contributed by atoms with van der Waals surface area (Å²) < 4.78 is 22.0. The number of likely N-dealkylation sites (tertiary alicyclic amines) is 1. The van der Waals surface area contributed by atoms with Crippen LogP contribution in [-0.4, -0.2) is 75.0 Å². The number of aromatic nitrogens is 2. The van der Waals surface area contributed by atoms with Crippen LogP contribution in [-0.2, 0) is 4.74 Å². The van der Waals surface area contributed by atoms with Gasteiger partial charge in [-0.15, -0.1) is 0 Å². The minimum Gasteiger partial charge on any atom is -0.444 e. The molecule has 1 saturated heterocycles. The van der Waals surface area contributed by atoms with Gasteiger partial charge in [-0.3, -0.25) is 9.20 Å². The van der Waals surface area contributed by atoms with Crippen LogP contribution in [0.4, 0.5) is 9.18 Å². The van der Waals surface area contributed by atoms with Crippen molar-refractivity contribution in [3.8, 4) is 11.3 Å². The highest BCUT2D eigenvalue weighted by atomic mass is 19.1. The predicted molar refractivity (Wildman–Crippen MR) is 171 cm³/mol. The highest BCUT2D eigenvalue weighted by Gasteiger charge is 2.30. The van der Waals surface area contributed by atoms with Crippen LogP contribution in [0, 0.1) is 11.7 Å². The number of halogens is 1.